The lowest BCUT2D eigenvalue weighted by Gasteiger charge is -2.21. The Balaban J connectivity index is 2.31. The van der Waals surface area contributed by atoms with Gasteiger partial charge in [0.1, 0.15) is 12.8 Å². The summed E-state index contributed by atoms with van der Waals surface area (Å²) in [6, 6.07) is 8.46. The molecule has 0 unspecified atom stereocenters. The van der Waals surface area contributed by atoms with Crippen molar-refractivity contribution in [2.75, 3.05) is 19.1 Å². The Morgan fingerprint density at radius 1 is 1.33 bits per heavy atom. The number of aryl methyl sites for hydroxylation is 1. The molecule has 2 aromatic rings. The molecule has 126 valence electrons. The Labute approximate surface area is 138 Å². The van der Waals surface area contributed by atoms with E-state index < -0.39 is 11.0 Å². The van der Waals surface area contributed by atoms with E-state index >= 15 is 0 Å². The van der Waals surface area contributed by atoms with Crippen LogP contribution in [0.1, 0.15) is 11.1 Å². The van der Waals surface area contributed by atoms with Crippen molar-refractivity contribution in [1.82, 2.24) is 4.98 Å². The van der Waals surface area contributed by atoms with Crippen LogP contribution in [0.15, 0.2) is 36.5 Å². The number of carbonyl (C=O) groups excluding carboxylic acids is 1. The maximum atomic E-state index is 11.8. The van der Waals surface area contributed by atoms with Gasteiger partial charge in [-0.1, -0.05) is 12.1 Å². The van der Waals surface area contributed by atoms with Crippen molar-refractivity contribution in [2.45, 2.75) is 13.5 Å². The zero-order chi connectivity index (χ0) is 17.7. The minimum atomic E-state index is -0.603. The summed E-state index contributed by atoms with van der Waals surface area (Å²) in [5.41, 5.74) is 2.21. The van der Waals surface area contributed by atoms with E-state index in [-0.39, 0.29) is 18.2 Å². The Morgan fingerprint density at radius 2 is 2.08 bits per heavy atom. The van der Waals surface area contributed by atoms with E-state index in [0.29, 0.717) is 5.69 Å². The summed E-state index contributed by atoms with van der Waals surface area (Å²) in [6.45, 7) is 1.92. The van der Waals surface area contributed by atoms with Crippen molar-refractivity contribution in [3.8, 4) is 5.75 Å². The van der Waals surface area contributed by atoms with Crippen LogP contribution in [0.3, 0.4) is 0 Å². The van der Waals surface area contributed by atoms with E-state index in [9.17, 15) is 14.9 Å². The molecule has 0 aliphatic heterocycles. The number of amides is 1. The van der Waals surface area contributed by atoms with Crippen LogP contribution in [0.4, 0.5) is 16.3 Å². The fourth-order valence-electron chi connectivity index (χ4n) is 2.21. The van der Waals surface area contributed by atoms with Gasteiger partial charge in [-0.05, 0) is 40.6 Å². The van der Waals surface area contributed by atoms with Crippen molar-refractivity contribution in [3.63, 3.8) is 0 Å². The molecular formula is C16H17N3O5. The molecule has 0 radical (unpaired) electrons. The Kier molecular flexibility index (Phi) is 5.31. The van der Waals surface area contributed by atoms with Crippen LogP contribution in [0.25, 0.3) is 0 Å². The number of benzene rings is 1. The lowest BCUT2D eigenvalue weighted by molar-refractivity contribution is -0.390. The van der Waals surface area contributed by atoms with Crippen molar-refractivity contribution in [3.05, 3.63) is 57.8 Å². The summed E-state index contributed by atoms with van der Waals surface area (Å²) < 4.78 is 10.3. The summed E-state index contributed by atoms with van der Waals surface area (Å²) in [6.07, 6.45) is 0.809. The van der Waals surface area contributed by atoms with Crippen LogP contribution in [0.5, 0.6) is 5.75 Å². The lowest BCUT2D eigenvalue weighted by Crippen LogP contribution is -2.27. The first-order chi connectivity index (χ1) is 11.5. The second-order valence-corrected chi connectivity index (χ2v) is 4.97. The Morgan fingerprint density at radius 3 is 2.75 bits per heavy atom. The summed E-state index contributed by atoms with van der Waals surface area (Å²) in [7, 11) is 2.88. The maximum absolute atomic E-state index is 11.8. The lowest BCUT2D eigenvalue weighted by atomic mass is 10.1. The maximum Gasteiger partial charge on any atom is 0.413 e. The fourth-order valence-corrected chi connectivity index (χ4v) is 2.21. The first-order valence-corrected chi connectivity index (χ1v) is 7.08. The van der Waals surface area contributed by atoms with Crippen LogP contribution in [-0.2, 0) is 11.3 Å². The first kappa shape index (κ1) is 17.2. The molecule has 0 aliphatic rings. The highest BCUT2D eigenvalue weighted by molar-refractivity contribution is 5.88. The smallest absolute Gasteiger partial charge is 0.413 e. The van der Waals surface area contributed by atoms with E-state index in [0.717, 1.165) is 11.1 Å². The number of nitrogens with zero attached hydrogens (tertiary/aromatic N) is 3. The van der Waals surface area contributed by atoms with E-state index in [1.165, 1.54) is 24.3 Å². The summed E-state index contributed by atoms with van der Waals surface area (Å²) in [5, 5.41) is 11.0. The van der Waals surface area contributed by atoms with Gasteiger partial charge in [0.25, 0.3) is 0 Å². The third-order valence-electron chi connectivity index (χ3n) is 3.49. The number of anilines is 1. The normalized spacial score (nSPS) is 10.1. The Bertz CT molecular complexity index is 763. The number of methoxy groups -OCH3 is 1. The van der Waals surface area contributed by atoms with Gasteiger partial charge in [0, 0.05) is 12.6 Å². The molecule has 24 heavy (non-hydrogen) atoms. The summed E-state index contributed by atoms with van der Waals surface area (Å²) in [4.78, 5) is 27.2. The third kappa shape index (κ3) is 3.60. The number of rotatable bonds is 5. The zero-order valence-corrected chi connectivity index (χ0v) is 13.6. The van der Waals surface area contributed by atoms with Gasteiger partial charge in [0.05, 0.1) is 12.8 Å². The predicted octanol–water partition coefficient (Wildman–Crippen LogP) is 3.08. The van der Waals surface area contributed by atoms with Gasteiger partial charge in [-0.25, -0.2) is 4.79 Å². The van der Waals surface area contributed by atoms with E-state index in [2.05, 4.69) is 4.98 Å². The molecule has 0 aliphatic carbocycles. The number of nitro groups is 1. The highest BCUT2D eigenvalue weighted by Gasteiger charge is 2.19. The standard InChI is InChI=1S/C16H17N3O5/c1-11-6-4-7-13(18(2)16(20)23-3)12(11)10-24-14-8-5-9-17-15(14)19(21)22/h4-9H,10H2,1-3H3. The van der Waals surface area contributed by atoms with Gasteiger partial charge in [-0.2, -0.15) is 0 Å². The molecule has 0 spiro atoms. The number of aromatic nitrogens is 1. The SMILES string of the molecule is COC(=O)N(C)c1cccc(C)c1COc1cccnc1[N+](=O)[O-]. The number of ether oxygens (including phenoxy) is 2. The number of pyridine rings is 1. The molecule has 0 bridgehead atoms. The van der Waals surface area contributed by atoms with Crippen molar-refractivity contribution < 1.29 is 19.2 Å². The van der Waals surface area contributed by atoms with Crippen molar-refractivity contribution in [1.29, 1.82) is 0 Å². The van der Waals surface area contributed by atoms with Crippen LogP contribution >= 0.6 is 0 Å². The van der Waals surface area contributed by atoms with Gasteiger partial charge in [-0.3, -0.25) is 4.90 Å². The minimum Gasteiger partial charge on any atom is -0.481 e. The van der Waals surface area contributed by atoms with Crippen LogP contribution in [0, 0.1) is 17.0 Å². The van der Waals surface area contributed by atoms with E-state index in [1.54, 1.807) is 25.2 Å². The monoisotopic (exact) mass is 331 g/mol. The zero-order valence-electron chi connectivity index (χ0n) is 13.6. The quantitative estimate of drug-likeness (QED) is 0.617. The van der Waals surface area contributed by atoms with Gasteiger partial charge >= 0.3 is 11.9 Å². The van der Waals surface area contributed by atoms with E-state index in [1.807, 2.05) is 13.0 Å². The molecule has 0 N–H and O–H groups in total. The molecule has 8 heteroatoms. The molecule has 1 aromatic carbocycles. The van der Waals surface area contributed by atoms with Gasteiger partial charge in [0.2, 0.25) is 5.75 Å². The summed E-state index contributed by atoms with van der Waals surface area (Å²) >= 11 is 0. The van der Waals surface area contributed by atoms with Crippen LogP contribution in [0.2, 0.25) is 0 Å². The number of hydrogen-bond donors (Lipinski definition) is 0. The molecule has 0 atom stereocenters. The topological polar surface area (TPSA) is 94.8 Å². The minimum absolute atomic E-state index is 0.0515. The van der Waals surface area contributed by atoms with Crippen LogP contribution < -0.4 is 9.64 Å². The second kappa shape index (κ2) is 7.40. The molecule has 1 amide bonds. The average molecular weight is 331 g/mol. The Hall–Kier alpha value is -3.16. The van der Waals surface area contributed by atoms with Gasteiger partial charge in [-0.15, -0.1) is 0 Å². The fraction of sp³-hybridized carbons (Fsp3) is 0.250. The molecule has 0 saturated carbocycles. The van der Waals surface area contributed by atoms with Gasteiger partial charge < -0.3 is 19.6 Å². The second-order valence-electron chi connectivity index (χ2n) is 4.97. The van der Waals surface area contributed by atoms with Crippen molar-refractivity contribution >= 4 is 17.6 Å². The third-order valence-corrected chi connectivity index (χ3v) is 3.49. The molecule has 1 aromatic heterocycles. The molecular weight excluding hydrogens is 314 g/mol. The number of hydrogen-bond acceptors (Lipinski definition) is 6. The van der Waals surface area contributed by atoms with Gasteiger partial charge in [0.15, 0.2) is 0 Å². The van der Waals surface area contributed by atoms with Crippen LogP contribution in [-0.4, -0.2) is 30.2 Å². The molecule has 1 heterocycles. The molecule has 8 nitrogen and oxygen atoms in total. The average Bonchev–Trinajstić information content (AvgIpc) is 2.59. The highest BCUT2D eigenvalue weighted by atomic mass is 16.6. The van der Waals surface area contributed by atoms with E-state index in [4.69, 9.17) is 9.47 Å². The molecule has 0 saturated heterocycles. The molecule has 2 rings (SSSR count). The number of carbonyl (C=O) groups is 1. The largest absolute Gasteiger partial charge is 0.481 e. The highest BCUT2D eigenvalue weighted by Crippen LogP contribution is 2.28. The predicted molar refractivity (Wildman–Crippen MR) is 87.2 cm³/mol. The molecule has 0 fully saturated rings. The summed E-state index contributed by atoms with van der Waals surface area (Å²) in [5.74, 6) is -0.286. The van der Waals surface area contributed by atoms with Crippen molar-refractivity contribution in [2.24, 2.45) is 0 Å². The first-order valence-electron chi connectivity index (χ1n) is 7.08.